The van der Waals surface area contributed by atoms with Crippen molar-refractivity contribution in [2.24, 2.45) is 0 Å². The third kappa shape index (κ3) is 4.78. The van der Waals surface area contributed by atoms with Crippen molar-refractivity contribution < 1.29 is 4.79 Å². The smallest absolute Gasteiger partial charge is 0.251 e. The average Bonchev–Trinajstić information content (AvgIpc) is 2.85. The fourth-order valence-electron chi connectivity index (χ4n) is 3.92. The zero-order valence-electron chi connectivity index (χ0n) is 18.6. The third-order valence-corrected chi connectivity index (χ3v) is 5.67. The molecule has 5 nitrogen and oxygen atoms in total. The van der Waals surface area contributed by atoms with Crippen molar-refractivity contribution in [2.45, 2.75) is 20.3 Å². The number of carbonyl (C=O) groups is 1. The normalized spacial score (nSPS) is 10.8. The highest BCUT2D eigenvalue weighted by Crippen LogP contribution is 2.29. The predicted molar refractivity (Wildman–Crippen MR) is 131 cm³/mol. The van der Waals surface area contributed by atoms with Crippen LogP contribution in [-0.2, 0) is 6.42 Å². The van der Waals surface area contributed by atoms with Gasteiger partial charge in [0.2, 0.25) is 0 Å². The van der Waals surface area contributed by atoms with Gasteiger partial charge in [0.15, 0.2) is 0 Å². The van der Waals surface area contributed by atoms with Crippen molar-refractivity contribution in [1.29, 1.82) is 0 Å². The van der Waals surface area contributed by atoms with E-state index in [0.29, 0.717) is 12.1 Å². The van der Waals surface area contributed by atoms with E-state index in [0.717, 1.165) is 47.4 Å². The van der Waals surface area contributed by atoms with Crippen LogP contribution in [0.3, 0.4) is 0 Å². The minimum Gasteiger partial charge on any atom is -0.357 e. The number of hydrogen-bond donors (Lipinski definition) is 1. The van der Waals surface area contributed by atoms with Crippen LogP contribution in [0.4, 0.5) is 5.82 Å². The van der Waals surface area contributed by atoms with E-state index in [2.05, 4.69) is 76.5 Å². The summed E-state index contributed by atoms with van der Waals surface area (Å²) >= 11 is 0. The standard InChI is InChI=1S/C27H28N4O/c1-3-31(4-2)26-24-18-23(13-14-25(24)29-19-30-26)22-12-8-9-20(17-22)15-16-28-27(32)21-10-6-5-7-11-21/h5-14,17-19H,3-4,15-16H2,1-2H3,(H,28,32). The van der Waals surface area contributed by atoms with Crippen molar-refractivity contribution in [2.75, 3.05) is 24.5 Å². The van der Waals surface area contributed by atoms with Gasteiger partial charge in [-0.05, 0) is 61.2 Å². The maximum Gasteiger partial charge on any atom is 0.251 e. The number of anilines is 1. The molecule has 0 aliphatic heterocycles. The summed E-state index contributed by atoms with van der Waals surface area (Å²) in [5.41, 5.74) is 5.10. The molecule has 3 aromatic carbocycles. The van der Waals surface area contributed by atoms with Gasteiger partial charge >= 0.3 is 0 Å². The number of aromatic nitrogens is 2. The number of carbonyl (C=O) groups excluding carboxylic acids is 1. The largest absolute Gasteiger partial charge is 0.357 e. The van der Waals surface area contributed by atoms with Gasteiger partial charge in [0.05, 0.1) is 5.52 Å². The van der Waals surface area contributed by atoms with Crippen LogP contribution in [0.2, 0.25) is 0 Å². The first-order chi connectivity index (χ1) is 15.7. The van der Waals surface area contributed by atoms with E-state index in [1.165, 1.54) is 5.56 Å². The van der Waals surface area contributed by atoms with Gasteiger partial charge in [-0.1, -0.05) is 48.5 Å². The maximum absolute atomic E-state index is 12.3. The van der Waals surface area contributed by atoms with E-state index < -0.39 is 0 Å². The second-order valence-electron chi connectivity index (χ2n) is 7.67. The minimum absolute atomic E-state index is 0.0415. The molecule has 0 aliphatic rings. The lowest BCUT2D eigenvalue weighted by atomic mass is 10.00. The second-order valence-corrected chi connectivity index (χ2v) is 7.67. The Morgan fingerprint density at radius 3 is 2.44 bits per heavy atom. The zero-order valence-corrected chi connectivity index (χ0v) is 18.6. The highest BCUT2D eigenvalue weighted by molar-refractivity contribution is 5.94. The molecule has 0 saturated carbocycles. The Kier molecular flexibility index (Phi) is 6.75. The van der Waals surface area contributed by atoms with Gasteiger partial charge in [-0.15, -0.1) is 0 Å². The van der Waals surface area contributed by atoms with Crippen molar-refractivity contribution >= 4 is 22.6 Å². The summed E-state index contributed by atoms with van der Waals surface area (Å²) in [4.78, 5) is 23.5. The summed E-state index contributed by atoms with van der Waals surface area (Å²) in [6.07, 6.45) is 2.41. The molecule has 1 N–H and O–H groups in total. The van der Waals surface area contributed by atoms with E-state index in [9.17, 15) is 4.79 Å². The quantitative estimate of drug-likeness (QED) is 0.427. The molecule has 4 rings (SSSR count). The number of amides is 1. The Balaban J connectivity index is 1.52. The number of hydrogen-bond acceptors (Lipinski definition) is 4. The van der Waals surface area contributed by atoms with Gasteiger partial charge in [0.1, 0.15) is 12.1 Å². The molecule has 0 unspecified atom stereocenters. The number of fused-ring (bicyclic) bond motifs is 1. The lowest BCUT2D eigenvalue weighted by Crippen LogP contribution is -2.25. The Morgan fingerprint density at radius 1 is 0.875 bits per heavy atom. The molecule has 0 atom stereocenters. The monoisotopic (exact) mass is 424 g/mol. The molecular weight excluding hydrogens is 396 g/mol. The van der Waals surface area contributed by atoms with Crippen molar-refractivity contribution in [3.63, 3.8) is 0 Å². The molecular formula is C27H28N4O. The molecule has 0 spiro atoms. The molecule has 1 aromatic heterocycles. The lowest BCUT2D eigenvalue weighted by Gasteiger charge is -2.21. The van der Waals surface area contributed by atoms with Gasteiger partial charge in [-0.25, -0.2) is 9.97 Å². The summed E-state index contributed by atoms with van der Waals surface area (Å²) in [6, 6.07) is 24.1. The first-order valence-corrected chi connectivity index (χ1v) is 11.1. The molecule has 0 aliphatic carbocycles. The first-order valence-electron chi connectivity index (χ1n) is 11.1. The van der Waals surface area contributed by atoms with E-state index in [-0.39, 0.29) is 5.91 Å². The van der Waals surface area contributed by atoms with Crippen LogP contribution in [-0.4, -0.2) is 35.5 Å². The average molecular weight is 425 g/mol. The second kappa shape index (κ2) is 10.1. The predicted octanol–water partition coefficient (Wildman–Crippen LogP) is 5.12. The molecule has 0 bridgehead atoms. The van der Waals surface area contributed by atoms with E-state index in [4.69, 9.17) is 0 Å². The third-order valence-electron chi connectivity index (χ3n) is 5.67. The van der Waals surface area contributed by atoms with Crippen LogP contribution in [0.1, 0.15) is 29.8 Å². The Bertz CT molecular complexity index is 1200. The first kappa shape index (κ1) is 21.5. The number of nitrogens with zero attached hydrogens (tertiary/aromatic N) is 3. The number of nitrogens with one attached hydrogen (secondary N) is 1. The van der Waals surface area contributed by atoms with Crippen molar-refractivity contribution in [3.05, 3.63) is 90.3 Å². The molecule has 0 radical (unpaired) electrons. The van der Waals surface area contributed by atoms with Crippen molar-refractivity contribution in [3.8, 4) is 11.1 Å². The lowest BCUT2D eigenvalue weighted by molar-refractivity contribution is 0.0954. The van der Waals surface area contributed by atoms with E-state index >= 15 is 0 Å². The molecule has 4 aromatic rings. The molecule has 0 saturated heterocycles. The summed E-state index contributed by atoms with van der Waals surface area (Å²) in [6.45, 7) is 6.67. The summed E-state index contributed by atoms with van der Waals surface area (Å²) in [7, 11) is 0. The highest BCUT2D eigenvalue weighted by atomic mass is 16.1. The Morgan fingerprint density at radius 2 is 1.66 bits per heavy atom. The minimum atomic E-state index is -0.0415. The number of benzene rings is 3. The van der Waals surface area contributed by atoms with Crippen molar-refractivity contribution in [1.82, 2.24) is 15.3 Å². The molecule has 0 fully saturated rings. The molecule has 32 heavy (non-hydrogen) atoms. The van der Waals surface area contributed by atoms with Gasteiger partial charge in [0.25, 0.3) is 5.91 Å². The SMILES string of the molecule is CCN(CC)c1ncnc2ccc(-c3cccc(CCNC(=O)c4ccccc4)c3)cc12. The fourth-order valence-corrected chi connectivity index (χ4v) is 3.92. The highest BCUT2D eigenvalue weighted by Gasteiger charge is 2.11. The van der Waals surface area contributed by atoms with Crippen LogP contribution in [0.5, 0.6) is 0 Å². The van der Waals surface area contributed by atoms with E-state index in [1.807, 2.05) is 30.3 Å². The topological polar surface area (TPSA) is 58.1 Å². The maximum atomic E-state index is 12.3. The molecule has 1 amide bonds. The van der Waals surface area contributed by atoms with Crippen LogP contribution in [0.25, 0.3) is 22.0 Å². The number of rotatable bonds is 8. The summed E-state index contributed by atoms with van der Waals surface area (Å²) in [5, 5.41) is 4.07. The summed E-state index contributed by atoms with van der Waals surface area (Å²) in [5.74, 6) is 0.932. The molecule has 5 heteroatoms. The van der Waals surface area contributed by atoms with Crippen LogP contribution in [0, 0.1) is 0 Å². The van der Waals surface area contributed by atoms with Gasteiger partial charge in [0, 0.05) is 30.6 Å². The summed E-state index contributed by atoms with van der Waals surface area (Å²) < 4.78 is 0. The molecule has 162 valence electrons. The van der Waals surface area contributed by atoms with Gasteiger partial charge < -0.3 is 10.2 Å². The molecule has 1 heterocycles. The van der Waals surface area contributed by atoms with Crippen LogP contribution in [0.15, 0.2) is 79.1 Å². The Hall–Kier alpha value is -3.73. The fraction of sp³-hybridized carbons (Fsp3) is 0.222. The van der Waals surface area contributed by atoms with Gasteiger partial charge in [-0.2, -0.15) is 0 Å². The van der Waals surface area contributed by atoms with Crippen LogP contribution >= 0.6 is 0 Å². The van der Waals surface area contributed by atoms with Gasteiger partial charge in [-0.3, -0.25) is 4.79 Å². The Labute approximate surface area is 189 Å². The van der Waals surface area contributed by atoms with Crippen LogP contribution < -0.4 is 10.2 Å². The zero-order chi connectivity index (χ0) is 22.3. The van der Waals surface area contributed by atoms with E-state index in [1.54, 1.807) is 6.33 Å².